The van der Waals surface area contributed by atoms with E-state index >= 15 is 0 Å². The van der Waals surface area contributed by atoms with Crippen LogP contribution in [0.5, 0.6) is 5.75 Å². The van der Waals surface area contributed by atoms with Crippen molar-refractivity contribution in [3.05, 3.63) is 22.8 Å². The van der Waals surface area contributed by atoms with E-state index < -0.39 is 0 Å². The standard InChI is InChI=1S/C7H5BrN2O/c8-5-2-1-4-3-9-10-6(4)7(5)11/h1-3,11H,(H,9,10). The number of H-pyrrole nitrogens is 1. The van der Waals surface area contributed by atoms with Gasteiger partial charge in [-0.2, -0.15) is 5.10 Å². The zero-order chi connectivity index (χ0) is 7.84. The average Bonchev–Trinajstić information content (AvgIpc) is 2.45. The molecule has 0 bridgehead atoms. The molecule has 2 rings (SSSR count). The first-order valence-electron chi connectivity index (χ1n) is 3.09. The van der Waals surface area contributed by atoms with E-state index in [0.29, 0.717) is 9.99 Å². The van der Waals surface area contributed by atoms with Gasteiger partial charge in [0, 0.05) is 5.39 Å². The van der Waals surface area contributed by atoms with Crippen molar-refractivity contribution in [1.29, 1.82) is 0 Å². The summed E-state index contributed by atoms with van der Waals surface area (Å²) in [5.74, 6) is 0.208. The molecule has 11 heavy (non-hydrogen) atoms. The molecule has 0 saturated carbocycles. The van der Waals surface area contributed by atoms with Crippen molar-refractivity contribution in [1.82, 2.24) is 10.2 Å². The third-order valence-corrected chi connectivity index (χ3v) is 2.18. The summed E-state index contributed by atoms with van der Waals surface area (Å²) in [6.07, 6.45) is 1.67. The van der Waals surface area contributed by atoms with Gasteiger partial charge >= 0.3 is 0 Å². The first-order valence-corrected chi connectivity index (χ1v) is 3.89. The van der Waals surface area contributed by atoms with Crippen LogP contribution in [0.3, 0.4) is 0 Å². The van der Waals surface area contributed by atoms with Crippen LogP contribution in [-0.4, -0.2) is 15.3 Å². The van der Waals surface area contributed by atoms with Crippen LogP contribution < -0.4 is 0 Å². The third-order valence-electron chi connectivity index (χ3n) is 1.54. The number of aromatic nitrogens is 2. The molecule has 4 heteroatoms. The lowest BCUT2D eigenvalue weighted by Gasteiger charge is -1.95. The van der Waals surface area contributed by atoms with E-state index in [0.717, 1.165) is 5.39 Å². The van der Waals surface area contributed by atoms with Gasteiger partial charge in [-0.05, 0) is 28.1 Å². The lowest BCUT2D eigenvalue weighted by atomic mass is 10.2. The fourth-order valence-electron chi connectivity index (χ4n) is 0.973. The summed E-state index contributed by atoms with van der Waals surface area (Å²) >= 11 is 3.20. The second kappa shape index (κ2) is 2.23. The second-order valence-electron chi connectivity index (χ2n) is 2.23. The molecule has 3 nitrogen and oxygen atoms in total. The monoisotopic (exact) mass is 212 g/mol. The molecule has 1 aromatic carbocycles. The summed E-state index contributed by atoms with van der Waals surface area (Å²) in [5, 5.41) is 16.8. The Labute approximate surface area is 71.2 Å². The molecule has 0 unspecified atom stereocenters. The molecule has 0 amide bonds. The molecular weight excluding hydrogens is 208 g/mol. The van der Waals surface area contributed by atoms with Crippen LogP contribution in [-0.2, 0) is 0 Å². The normalized spacial score (nSPS) is 10.6. The topological polar surface area (TPSA) is 48.9 Å². The van der Waals surface area contributed by atoms with Crippen molar-refractivity contribution in [3.63, 3.8) is 0 Å². The number of benzene rings is 1. The summed E-state index contributed by atoms with van der Waals surface area (Å²) in [7, 11) is 0. The largest absolute Gasteiger partial charge is 0.505 e. The van der Waals surface area contributed by atoms with Crippen molar-refractivity contribution < 1.29 is 5.11 Å². The fourth-order valence-corrected chi connectivity index (χ4v) is 1.30. The predicted molar refractivity (Wildman–Crippen MR) is 45.5 cm³/mol. The van der Waals surface area contributed by atoms with Gasteiger partial charge in [-0.1, -0.05) is 0 Å². The number of hydrogen-bond acceptors (Lipinski definition) is 2. The molecule has 0 saturated heterocycles. The van der Waals surface area contributed by atoms with E-state index in [4.69, 9.17) is 0 Å². The molecule has 56 valence electrons. The highest BCUT2D eigenvalue weighted by Crippen LogP contribution is 2.30. The summed E-state index contributed by atoms with van der Waals surface area (Å²) < 4.78 is 0.675. The van der Waals surface area contributed by atoms with Gasteiger partial charge in [0.25, 0.3) is 0 Å². The zero-order valence-electron chi connectivity index (χ0n) is 5.50. The van der Waals surface area contributed by atoms with Crippen molar-refractivity contribution in [2.45, 2.75) is 0 Å². The van der Waals surface area contributed by atoms with E-state index in [-0.39, 0.29) is 5.75 Å². The second-order valence-corrected chi connectivity index (χ2v) is 3.08. The van der Waals surface area contributed by atoms with Gasteiger partial charge in [0.05, 0.1) is 10.7 Å². The first kappa shape index (κ1) is 6.67. The number of halogens is 1. The number of phenolic OH excluding ortho intramolecular Hbond substituents is 1. The third kappa shape index (κ3) is 0.903. The van der Waals surface area contributed by atoms with Crippen LogP contribution in [0.15, 0.2) is 22.8 Å². The molecule has 0 radical (unpaired) electrons. The van der Waals surface area contributed by atoms with Crippen LogP contribution in [0, 0.1) is 0 Å². The lowest BCUT2D eigenvalue weighted by Crippen LogP contribution is -1.72. The number of fused-ring (bicyclic) bond motifs is 1. The van der Waals surface area contributed by atoms with Gasteiger partial charge in [-0.25, -0.2) is 0 Å². The molecule has 0 aliphatic rings. The highest BCUT2D eigenvalue weighted by atomic mass is 79.9. The lowest BCUT2D eigenvalue weighted by molar-refractivity contribution is 0.477. The van der Waals surface area contributed by atoms with Gasteiger partial charge in [0.15, 0.2) is 5.75 Å². The van der Waals surface area contributed by atoms with Gasteiger partial charge in [-0.15, -0.1) is 0 Å². The van der Waals surface area contributed by atoms with Gasteiger partial charge in [0.2, 0.25) is 0 Å². The average molecular weight is 213 g/mol. The molecule has 0 aliphatic heterocycles. The van der Waals surface area contributed by atoms with Crippen LogP contribution in [0.2, 0.25) is 0 Å². The quantitative estimate of drug-likeness (QED) is 0.703. The molecule has 0 aliphatic carbocycles. The molecule has 1 aromatic heterocycles. The van der Waals surface area contributed by atoms with Crippen molar-refractivity contribution >= 4 is 26.8 Å². The van der Waals surface area contributed by atoms with Crippen LogP contribution in [0.4, 0.5) is 0 Å². The van der Waals surface area contributed by atoms with Crippen LogP contribution in [0.1, 0.15) is 0 Å². The Bertz CT molecular complexity index is 396. The summed E-state index contributed by atoms with van der Waals surface area (Å²) in [6, 6.07) is 3.66. The molecule has 2 N–H and O–H groups in total. The van der Waals surface area contributed by atoms with Crippen LogP contribution in [0.25, 0.3) is 10.9 Å². The maximum absolute atomic E-state index is 9.43. The smallest absolute Gasteiger partial charge is 0.155 e. The number of rotatable bonds is 0. The number of hydrogen-bond donors (Lipinski definition) is 2. The summed E-state index contributed by atoms with van der Waals surface area (Å²) in [5.41, 5.74) is 0.666. The molecule has 0 fully saturated rings. The Balaban J connectivity index is 2.93. The number of aromatic amines is 1. The van der Waals surface area contributed by atoms with Gasteiger partial charge < -0.3 is 5.11 Å². The first-order chi connectivity index (χ1) is 5.29. The highest BCUT2D eigenvalue weighted by Gasteiger charge is 2.03. The Hall–Kier alpha value is -1.03. The van der Waals surface area contributed by atoms with E-state index in [1.54, 1.807) is 12.3 Å². The zero-order valence-corrected chi connectivity index (χ0v) is 7.09. The Morgan fingerprint density at radius 1 is 1.45 bits per heavy atom. The Morgan fingerprint density at radius 3 is 3.09 bits per heavy atom. The van der Waals surface area contributed by atoms with Crippen molar-refractivity contribution in [2.24, 2.45) is 0 Å². The number of nitrogens with one attached hydrogen (secondary N) is 1. The molecule has 2 aromatic rings. The molecule has 1 heterocycles. The minimum absolute atomic E-state index is 0.208. The molecular formula is C7H5BrN2O. The predicted octanol–water partition coefficient (Wildman–Crippen LogP) is 2.03. The minimum Gasteiger partial charge on any atom is -0.505 e. The summed E-state index contributed by atoms with van der Waals surface area (Å²) in [4.78, 5) is 0. The van der Waals surface area contributed by atoms with Crippen molar-refractivity contribution in [2.75, 3.05) is 0 Å². The maximum atomic E-state index is 9.43. The summed E-state index contributed by atoms with van der Waals surface area (Å²) in [6.45, 7) is 0. The highest BCUT2D eigenvalue weighted by molar-refractivity contribution is 9.10. The maximum Gasteiger partial charge on any atom is 0.155 e. The molecule has 0 atom stereocenters. The van der Waals surface area contributed by atoms with E-state index in [2.05, 4.69) is 26.1 Å². The minimum atomic E-state index is 0.208. The van der Waals surface area contributed by atoms with Gasteiger partial charge in [0.1, 0.15) is 5.52 Å². The number of aromatic hydroxyl groups is 1. The Kier molecular flexibility index (Phi) is 1.35. The SMILES string of the molecule is Oc1c(Br)ccc2cn[nH]c12. The number of nitrogens with zero attached hydrogens (tertiary/aromatic N) is 1. The fraction of sp³-hybridized carbons (Fsp3) is 0. The van der Waals surface area contributed by atoms with Crippen LogP contribution >= 0.6 is 15.9 Å². The van der Waals surface area contributed by atoms with E-state index in [9.17, 15) is 5.11 Å². The van der Waals surface area contributed by atoms with Gasteiger partial charge in [-0.3, -0.25) is 5.10 Å². The number of phenols is 1. The van der Waals surface area contributed by atoms with E-state index in [1.165, 1.54) is 0 Å². The van der Waals surface area contributed by atoms with Crippen molar-refractivity contribution in [3.8, 4) is 5.75 Å². The Morgan fingerprint density at radius 2 is 2.27 bits per heavy atom. The molecule has 0 spiro atoms. The van der Waals surface area contributed by atoms with E-state index in [1.807, 2.05) is 6.07 Å².